The van der Waals surface area contributed by atoms with Gasteiger partial charge in [0.25, 0.3) is 0 Å². The molecule has 1 saturated heterocycles. The molecule has 1 aromatic heterocycles. The van der Waals surface area contributed by atoms with Crippen molar-refractivity contribution < 1.29 is 14.3 Å². The Hall–Kier alpha value is -2.30. The summed E-state index contributed by atoms with van der Waals surface area (Å²) in [4.78, 5) is 18.4. The number of piperidine rings is 1. The highest BCUT2D eigenvalue weighted by atomic mass is 16.6. The third kappa shape index (κ3) is 3.96. The van der Waals surface area contributed by atoms with Gasteiger partial charge >= 0.3 is 6.09 Å². The molecular formula is C19H24N2O3. The van der Waals surface area contributed by atoms with Gasteiger partial charge in [-0.25, -0.2) is 4.79 Å². The number of rotatable bonds is 2. The molecule has 0 aliphatic carbocycles. The van der Waals surface area contributed by atoms with Crippen molar-refractivity contribution >= 4 is 17.0 Å². The minimum absolute atomic E-state index is 0.0427. The van der Waals surface area contributed by atoms with Crippen molar-refractivity contribution in [1.29, 1.82) is 0 Å². The Labute approximate surface area is 142 Å². The molecule has 1 amide bonds. The molecule has 2 heterocycles. The highest BCUT2D eigenvalue weighted by molar-refractivity contribution is 5.84. The Morgan fingerprint density at radius 1 is 1.25 bits per heavy atom. The van der Waals surface area contributed by atoms with Crippen LogP contribution in [0.2, 0.25) is 0 Å². The largest absolute Gasteiger partial charge is 0.486 e. The lowest BCUT2D eigenvalue weighted by Crippen LogP contribution is -2.46. The summed E-state index contributed by atoms with van der Waals surface area (Å²) < 4.78 is 11.6. The molecule has 5 nitrogen and oxygen atoms in total. The van der Waals surface area contributed by atoms with Crippen LogP contribution in [0.15, 0.2) is 36.5 Å². The average Bonchev–Trinajstić information content (AvgIpc) is 2.54. The normalized spacial score (nSPS) is 18.5. The molecule has 128 valence electrons. The lowest BCUT2D eigenvalue weighted by Gasteiger charge is -2.34. The monoisotopic (exact) mass is 328 g/mol. The summed E-state index contributed by atoms with van der Waals surface area (Å²) in [5.41, 5.74) is 0.374. The molecule has 5 heteroatoms. The van der Waals surface area contributed by atoms with Crippen molar-refractivity contribution in [2.24, 2.45) is 0 Å². The van der Waals surface area contributed by atoms with E-state index in [4.69, 9.17) is 9.47 Å². The second-order valence-corrected chi connectivity index (χ2v) is 7.14. The number of pyridine rings is 1. The van der Waals surface area contributed by atoms with Crippen molar-refractivity contribution in [3.8, 4) is 5.75 Å². The van der Waals surface area contributed by atoms with Crippen LogP contribution in [0.5, 0.6) is 5.75 Å². The van der Waals surface area contributed by atoms with Gasteiger partial charge in [-0.05, 0) is 45.7 Å². The van der Waals surface area contributed by atoms with Gasteiger partial charge in [-0.3, -0.25) is 4.98 Å². The van der Waals surface area contributed by atoms with Gasteiger partial charge in [-0.15, -0.1) is 0 Å². The van der Waals surface area contributed by atoms with E-state index in [0.717, 1.165) is 29.5 Å². The molecule has 1 aliphatic rings. The Balaban J connectivity index is 1.70. The van der Waals surface area contributed by atoms with E-state index in [1.54, 1.807) is 11.1 Å². The first-order valence-electron chi connectivity index (χ1n) is 8.41. The van der Waals surface area contributed by atoms with Crippen LogP contribution in [0, 0.1) is 0 Å². The number of likely N-dealkylation sites (tertiary alicyclic amines) is 1. The van der Waals surface area contributed by atoms with Crippen molar-refractivity contribution in [2.45, 2.75) is 45.3 Å². The van der Waals surface area contributed by atoms with Crippen LogP contribution in [-0.2, 0) is 4.74 Å². The lowest BCUT2D eigenvalue weighted by molar-refractivity contribution is 0.00792. The predicted octanol–water partition coefficient (Wildman–Crippen LogP) is 4.01. The zero-order chi connectivity index (χ0) is 17.2. The van der Waals surface area contributed by atoms with Crippen molar-refractivity contribution in [1.82, 2.24) is 9.88 Å². The maximum atomic E-state index is 12.3. The number of hydrogen-bond donors (Lipinski definition) is 0. The van der Waals surface area contributed by atoms with Crippen molar-refractivity contribution in [2.75, 3.05) is 13.1 Å². The molecule has 1 aromatic carbocycles. The van der Waals surface area contributed by atoms with E-state index in [-0.39, 0.29) is 12.2 Å². The first-order valence-corrected chi connectivity index (χ1v) is 8.41. The Morgan fingerprint density at radius 3 is 2.83 bits per heavy atom. The van der Waals surface area contributed by atoms with Crippen LogP contribution in [0.4, 0.5) is 4.79 Å². The number of aromatic nitrogens is 1. The van der Waals surface area contributed by atoms with E-state index in [1.807, 2.05) is 51.1 Å². The number of hydrogen-bond acceptors (Lipinski definition) is 4. The molecular weight excluding hydrogens is 304 g/mol. The molecule has 0 radical (unpaired) electrons. The number of para-hydroxylation sites is 1. The van der Waals surface area contributed by atoms with E-state index >= 15 is 0 Å². The molecule has 0 unspecified atom stereocenters. The van der Waals surface area contributed by atoms with Crippen LogP contribution in [0.1, 0.15) is 33.6 Å². The number of benzene rings is 1. The van der Waals surface area contributed by atoms with Crippen LogP contribution in [0.3, 0.4) is 0 Å². The van der Waals surface area contributed by atoms with Crippen LogP contribution < -0.4 is 4.74 Å². The highest BCUT2D eigenvalue weighted by Crippen LogP contribution is 2.26. The summed E-state index contributed by atoms with van der Waals surface area (Å²) in [5, 5.41) is 1.05. The second kappa shape index (κ2) is 6.67. The summed E-state index contributed by atoms with van der Waals surface area (Å²) >= 11 is 0. The van der Waals surface area contributed by atoms with E-state index in [1.165, 1.54) is 0 Å². The fourth-order valence-electron chi connectivity index (χ4n) is 2.88. The van der Waals surface area contributed by atoms with Gasteiger partial charge in [-0.2, -0.15) is 0 Å². The van der Waals surface area contributed by atoms with Gasteiger partial charge in [0.2, 0.25) is 0 Å². The van der Waals surface area contributed by atoms with Crippen LogP contribution >= 0.6 is 0 Å². The number of carbonyl (C=O) groups excluding carboxylic acids is 1. The summed E-state index contributed by atoms with van der Waals surface area (Å²) in [5.74, 6) is 0.768. The van der Waals surface area contributed by atoms with E-state index < -0.39 is 5.60 Å². The fourth-order valence-corrected chi connectivity index (χ4v) is 2.88. The molecule has 0 saturated carbocycles. The Bertz CT molecular complexity index is 719. The Morgan fingerprint density at radius 2 is 2.04 bits per heavy atom. The lowest BCUT2D eigenvalue weighted by atomic mass is 10.1. The van der Waals surface area contributed by atoms with Gasteiger partial charge in [0.1, 0.15) is 23.0 Å². The fraction of sp³-hybridized carbons (Fsp3) is 0.474. The number of carbonyl (C=O) groups is 1. The minimum Gasteiger partial charge on any atom is -0.486 e. The average molecular weight is 328 g/mol. The van der Waals surface area contributed by atoms with Gasteiger partial charge in [0, 0.05) is 18.1 Å². The number of ether oxygens (including phenoxy) is 2. The molecule has 0 spiro atoms. The van der Waals surface area contributed by atoms with Gasteiger partial charge < -0.3 is 14.4 Å². The molecule has 2 aromatic rings. The number of fused-ring (bicyclic) bond motifs is 1. The predicted molar refractivity (Wildman–Crippen MR) is 93.2 cm³/mol. The topological polar surface area (TPSA) is 51.7 Å². The van der Waals surface area contributed by atoms with E-state index in [2.05, 4.69) is 4.98 Å². The summed E-state index contributed by atoms with van der Waals surface area (Å²) in [6.45, 7) is 6.89. The SMILES string of the molecule is CC(C)(C)OC(=O)N1CCC[C@@H](Oc2cccc3cccnc23)C1. The minimum atomic E-state index is -0.482. The Kier molecular flexibility index (Phi) is 4.60. The standard InChI is InChI=1S/C19H24N2O3/c1-19(2,3)24-18(22)21-12-6-9-15(13-21)23-16-10-4-7-14-8-5-11-20-17(14)16/h4-5,7-8,10-11,15H,6,9,12-13H2,1-3H3/t15-/m1/s1. The second-order valence-electron chi connectivity index (χ2n) is 7.14. The molecule has 1 fully saturated rings. The molecule has 0 bridgehead atoms. The number of amides is 1. The molecule has 1 atom stereocenters. The highest BCUT2D eigenvalue weighted by Gasteiger charge is 2.28. The summed E-state index contributed by atoms with van der Waals surface area (Å²) in [7, 11) is 0. The van der Waals surface area contributed by atoms with Crippen molar-refractivity contribution in [3.63, 3.8) is 0 Å². The molecule has 1 aliphatic heterocycles. The number of nitrogens with zero attached hydrogens (tertiary/aromatic N) is 2. The maximum Gasteiger partial charge on any atom is 0.410 e. The summed E-state index contributed by atoms with van der Waals surface area (Å²) in [6.07, 6.45) is 3.28. The third-order valence-electron chi connectivity index (χ3n) is 3.92. The van der Waals surface area contributed by atoms with E-state index in [0.29, 0.717) is 13.1 Å². The van der Waals surface area contributed by atoms with E-state index in [9.17, 15) is 4.79 Å². The third-order valence-corrected chi connectivity index (χ3v) is 3.92. The maximum absolute atomic E-state index is 12.3. The van der Waals surface area contributed by atoms with Gasteiger partial charge in [0.15, 0.2) is 0 Å². The van der Waals surface area contributed by atoms with Crippen molar-refractivity contribution in [3.05, 3.63) is 36.5 Å². The smallest absolute Gasteiger partial charge is 0.410 e. The van der Waals surface area contributed by atoms with Gasteiger partial charge in [-0.1, -0.05) is 18.2 Å². The molecule has 3 rings (SSSR count). The van der Waals surface area contributed by atoms with Crippen LogP contribution in [-0.4, -0.2) is 40.8 Å². The van der Waals surface area contributed by atoms with Gasteiger partial charge in [0.05, 0.1) is 6.54 Å². The zero-order valence-corrected chi connectivity index (χ0v) is 14.5. The quantitative estimate of drug-likeness (QED) is 0.836. The zero-order valence-electron chi connectivity index (χ0n) is 14.5. The first kappa shape index (κ1) is 16.6. The molecule has 0 N–H and O–H groups in total. The summed E-state index contributed by atoms with van der Waals surface area (Å²) in [6, 6.07) is 9.85. The van der Waals surface area contributed by atoms with Crippen LogP contribution in [0.25, 0.3) is 10.9 Å². The molecule has 24 heavy (non-hydrogen) atoms. The first-order chi connectivity index (χ1) is 11.4.